The zero-order valence-electron chi connectivity index (χ0n) is 15.9. The third-order valence-electron chi connectivity index (χ3n) is 4.96. The Morgan fingerprint density at radius 3 is 2.46 bits per heavy atom. The highest BCUT2D eigenvalue weighted by molar-refractivity contribution is 5.95. The van der Waals surface area contributed by atoms with Crippen molar-refractivity contribution >= 4 is 5.91 Å². The molecule has 1 saturated heterocycles. The van der Waals surface area contributed by atoms with Crippen molar-refractivity contribution in [2.24, 2.45) is 0 Å². The number of aryl methyl sites for hydroxylation is 2. The number of furan rings is 1. The fourth-order valence-electron chi connectivity index (χ4n) is 3.51. The van der Waals surface area contributed by atoms with E-state index in [4.69, 9.17) is 13.9 Å². The van der Waals surface area contributed by atoms with E-state index in [2.05, 4.69) is 0 Å². The van der Waals surface area contributed by atoms with Crippen molar-refractivity contribution in [1.82, 2.24) is 4.90 Å². The number of piperazine rings is 1. The summed E-state index contributed by atoms with van der Waals surface area (Å²) in [6, 6.07) is 7.71. The molecule has 140 valence electrons. The van der Waals surface area contributed by atoms with Gasteiger partial charge >= 0.3 is 0 Å². The molecule has 1 aliphatic rings. The van der Waals surface area contributed by atoms with E-state index < -0.39 is 0 Å². The summed E-state index contributed by atoms with van der Waals surface area (Å²) in [5.74, 6) is 3.25. The Hall–Kier alpha value is -2.47. The number of rotatable bonds is 5. The summed E-state index contributed by atoms with van der Waals surface area (Å²) in [6.07, 6.45) is 0. The molecular formula is C20H27N2O4+. The molecule has 1 fully saturated rings. The van der Waals surface area contributed by atoms with E-state index in [1.54, 1.807) is 14.2 Å². The Labute approximate surface area is 154 Å². The second-order valence-corrected chi connectivity index (χ2v) is 6.72. The van der Waals surface area contributed by atoms with Crippen LogP contribution in [0.15, 0.2) is 28.7 Å². The monoisotopic (exact) mass is 359 g/mol. The largest absolute Gasteiger partial charge is 0.497 e. The molecule has 1 amide bonds. The maximum absolute atomic E-state index is 12.7. The second kappa shape index (κ2) is 7.83. The highest BCUT2D eigenvalue weighted by Crippen LogP contribution is 2.23. The van der Waals surface area contributed by atoms with E-state index >= 15 is 0 Å². The third kappa shape index (κ3) is 3.85. The number of amides is 1. The number of ether oxygens (including phenoxy) is 2. The SMILES string of the molecule is COc1ccc(OC)c(C[NH+]2CCN(C(=O)c3cc(C)oc3C)CC2)c1. The van der Waals surface area contributed by atoms with Crippen molar-refractivity contribution in [3.8, 4) is 11.5 Å². The van der Waals surface area contributed by atoms with Gasteiger partial charge in [-0.15, -0.1) is 0 Å². The summed E-state index contributed by atoms with van der Waals surface area (Å²) in [4.78, 5) is 16.1. The van der Waals surface area contributed by atoms with Crippen LogP contribution in [0.25, 0.3) is 0 Å². The first-order valence-corrected chi connectivity index (χ1v) is 8.92. The Morgan fingerprint density at radius 1 is 1.15 bits per heavy atom. The Morgan fingerprint density at radius 2 is 1.88 bits per heavy atom. The fourth-order valence-corrected chi connectivity index (χ4v) is 3.51. The number of nitrogens with zero attached hydrogens (tertiary/aromatic N) is 1. The predicted octanol–water partition coefficient (Wildman–Crippen LogP) is 1.45. The minimum Gasteiger partial charge on any atom is -0.497 e. The molecular weight excluding hydrogens is 332 g/mol. The summed E-state index contributed by atoms with van der Waals surface area (Å²) in [6.45, 7) is 7.86. The Kier molecular flexibility index (Phi) is 5.52. The smallest absolute Gasteiger partial charge is 0.257 e. The molecule has 26 heavy (non-hydrogen) atoms. The summed E-state index contributed by atoms with van der Waals surface area (Å²) < 4.78 is 16.3. The van der Waals surface area contributed by atoms with Crippen LogP contribution >= 0.6 is 0 Å². The van der Waals surface area contributed by atoms with Crippen molar-refractivity contribution in [3.05, 3.63) is 46.9 Å². The third-order valence-corrected chi connectivity index (χ3v) is 4.96. The standard InChI is InChI=1S/C20H26N2O4/c1-14-11-18(15(2)26-14)20(23)22-9-7-21(8-10-22)13-16-12-17(24-3)5-6-19(16)25-4/h5-6,11-12H,7-10,13H2,1-4H3/p+1. The van der Waals surface area contributed by atoms with Gasteiger partial charge in [-0.2, -0.15) is 0 Å². The van der Waals surface area contributed by atoms with Crippen LogP contribution < -0.4 is 14.4 Å². The van der Waals surface area contributed by atoms with Gasteiger partial charge in [-0.25, -0.2) is 0 Å². The topological polar surface area (TPSA) is 56.4 Å². The lowest BCUT2D eigenvalue weighted by Crippen LogP contribution is -3.13. The first-order chi connectivity index (χ1) is 12.5. The zero-order valence-corrected chi connectivity index (χ0v) is 15.9. The van der Waals surface area contributed by atoms with E-state index in [1.165, 1.54) is 4.90 Å². The Bertz CT molecular complexity index is 776. The van der Waals surface area contributed by atoms with E-state index in [1.807, 2.05) is 43.0 Å². The van der Waals surface area contributed by atoms with Gasteiger partial charge in [0.25, 0.3) is 5.91 Å². The molecule has 3 rings (SSSR count). The van der Waals surface area contributed by atoms with Crippen LogP contribution in [0.3, 0.4) is 0 Å². The molecule has 6 nitrogen and oxygen atoms in total. The summed E-state index contributed by atoms with van der Waals surface area (Å²) in [7, 11) is 3.36. The van der Waals surface area contributed by atoms with Gasteiger partial charge in [0, 0.05) is 0 Å². The van der Waals surface area contributed by atoms with Gasteiger partial charge in [0.05, 0.1) is 51.5 Å². The quantitative estimate of drug-likeness (QED) is 0.878. The van der Waals surface area contributed by atoms with Crippen molar-refractivity contribution < 1.29 is 23.6 Å². The lowest BCUT2D eigenvalue weighted by atomic mass is 10.1. The maximum Gasteiger partial charge on any atom is 0.257 e. The number of benzene rings is 1. The van der Waals surface area contributed by atoms with Gasteiger partial charge in [0.1, 0.15) is 29.6 Å². The molecule has 0 radical (unpaired) electrons. The Balaban J connectivity index is 1.62. The van der Waals surface area contributed by atoms with Crippen molar-refractivity contribution in [2.75, 3.05) is 40.4 Å². The van der Waals surface area contributed by atoms with Crippen LogP contribution in [0.5, 0.6) is 11.5 Å². The molecule has 0 atom stereocenters. The average molecular weight is 359 g/mol. The van der Waals surface area contributed by atoms with Crippen LogP contribution in [0.2, 0.25) is 0 Å². The van der Waals surface area contributed by atoms with Gasteiger partial charge in [-0.1, -0.05) is 0 Å². The summed E-state index contributed by atoms with van der Waals surface area (Å²) in [5.41, 5.74) is 1.81. The molecule has 0 aliphatic carbocycles. The molecule has 2 heterocycles. The van der Waals surface area contributed by atoms with Gasteiger partial charge in [0.2, 0.25) is 0 Å². The van der Waals surface area contributed by atoms with Crippen LogP contribution in [-0.2, 0) is 6.54 Å². The zero-order chi connectivity index (χ0) is 18.7. The number of hydrogen-bond acceptors (Lipinski definition) is 4. The number of hydrogen-bond donors (Lipinski definition) is 1. The lowest BCUT2D eigenvalue weighted by Gasteiger charge is -2.32. The number of carbonyl (C=O) groups excluding carboxylic acids is 1. The molecule has 0 bridgehead atoms. The molecule has 2 aromatic rings. The highest BCUT2D eigenvalue weighted by atomic mass is 16.5. The molecule has 0 unspecified atom stereocenters. The molecule has 1 aromatic carbocycles. The van der Waals surface area contributed by atoms with Gasteiger partial charge in [-0.05, 0) is 38.1 Å². The summed E-state index contributed by atoms with van der Waals surface area (Å²) >= 11 is 0. The van der Waals surface area contributed by atoms with Gasteiger partial charge in [0.15, 0.2) is 0 Å². The predicted molar refractivity (Wildman–Crippen MR) is 98.0 cm³/mol. The van der Waals surface area contributed by atoms with Crippen LogP contribution in [0.4, 0.5) is 0 Å². The van der Waals surface area contributed by atoms with Gasteiger partial charge < -0.3 is 23.7 Å². The first-order valence-electron chi connectivity index (χ1n) is 8.92. The van der Waals surface area contributed by atoms with E-state index in [0.29, 0.717) is 11.3 Å². The summed E-state index contributed by atoms with van der Waals surface area (Å²) in [5, 5.41) is 0. The highest BCUT2D eigenvalue weighted by Gasteiger charge is 2.27. The van der Waals surface area contributed by atoms with Crippen molar-refractivity contribution in [3.63, 3.8) is 0 Å². The fraction of sp³-hybridized carbons (Fsp3) is 0.450. The lowest BCUT2D eigenvalue weighted by molar-refractivity contribution is -0.917. The average Bonchev–Trinajstić information content (AvgIpc) is 2.99. The van der Waals surface area contributed by atoms with Crippen molar-refractivity contribution in [2.45, 2.75) is 20.4 Å². The maximum atomic E-state index is 12.7. The van der Waals surface area contributed by atoms with E-state index in [-0.39, 0.29) is 5.91 Å². The minimum absolute atomic E-state index is 0.0670. The van der Waals surface area contributed by atoms with Crippen LogP contribution in [-0.4, -0.2) is 51.2 Å². The first kappa shape index (κ1) is 18.3. The molecule has 1 N–H and O–H groups in total. The van der Waals surface area contributed by atoms with Crippen LogP contribution in [0.1, 0.15) is 27.4 Å². The second-order valence-electron chi connectivity index (χ2n) is 6.72. The molecule has 0 spiro atoms. The van der Waals surface area contributed by atoms with Crippen molar-refractivity contribution in [1.29, 1.82) is 0 Å². The number of methoxy groups -OCH3 is 2. The van der Waals surface area contributed by atoms with Crippen LogP contribution in [0, 0.1) is 13.8 Å². The normalized spacial score (nSPS) is 15.2. The molecule has 0 saturated carbocycles. The number of carbonyl (C=O) groups is 1. The van der Waals surface area contributed by atoms with Gasteiger partial charge in [-0.3, -0.25) is 4.79 Å². The minimum atomic E-state index is 0.0670. The van der Waals surface area contributed by atoms with E-state index in [9.17, 15) is 4.79 Å². The number of quaternary nitrogens is 1. The van der Waals surface area contributed by atoms with E-state index in [0.717, 1.165) is 55.5 Å². The molecule has 6 heteroatoms. The molecule has 1 aliphatic heterocycles. The number of nitrogens with one attached hydrogen (secondary N) is 1. The molecule has 1 aromatic heterocycles.